The van der Waals surface area contributed by atoms with E-state index in [1.807, 2.05) is 88.4 Å². The van der Waals surface area contributed by atoms with Crippen LogP contribution < -0.4 is 10.6 Å². The number of epoxide rings is 1. The van der Waals surface area contributed by atoms with Crippen molar-refractivity contribution in [2.75, 3.05) is 6.61 Å². The van der Waals surface area contributed by atoms with Crippen LogP contribution >= 0.6 is 0 Å². The van der Waals surface area contributed by atoms with Gasteiger partial charge >= 0.3 is 5.97 Å². The molecular weight excluding hydrogens is 632 g/mol. The lowest BCUT2D eigenvalue weighted by atomic mass is 9.87. The van der Waals surface area contributed by atoms with Crippen molar-refractivity contribution in [3.63, 3.8) is 0 Å². The maximum absolute atomic E-state index is 14.1. The number of nitrogens with one attached hydrogen (secondary N) is 2. The SMILES string of the molecule is CC(C)C[C@H](NC(=O)[C@H](CCc1ccccc1)CC(=O)OC(C)(C)C)C(=O)C[C@@H](Cc1ccccc1)C(=O)N[C@H](CC(C)C)C(=O)[C@]1(C)CO1. The highest BCUT2D eigenvalue weighted by atomic mass is 16.6. The van der Waals surface area contributed by atoms with Crippen LogP contribution in [-0.2, 0) is 46.3 Å². The molecule has 2 amide bonds. The van der Waals surface area contributed by atoms with Crippen LogP contribution in [0.15, 0.2) is 60.7 Å². The molecule has 0 spiro atoms. The van der Waals surface area contributed by atoms with E-state index in [2.05, 4.69) is 10.6 Å². The number of aryl methyl sites for hydroxylation is 1. The van der Waals surface area contributed by atoms with E-state index in [1.54, 1.807) is 27.7 Å². The largest absolute Gasteiger partial charge is 0.460 e. The quantitative estimate of drug-likeness (QED) is 0.125. The molecule has 2 aromatic carbocycles. The van der Waals surface area contributed by atoms with Crippen molar-refractivity contribution in [1.29, 1.82) is 0 Å². The molecule has 2 N–H and O–H groups in total. The van der Waals surface area contributed by atoms with Gasteiger partial charge in [0.05, 0.1) is 25.1 Å². The second-order valence-electron chi connectivity index (χ2n) is 15.8. The topological polar surface area (TPSA) is 131 Å². The Morgan fingerprint density at radius 1 is 0.760 bits per heavy atom. The fourth-order valence-corrected chi connectivity index (χ4v) is 6.08. The van der Waals surface area contributed by atoms with Gasteiger partial charge in [-0.05, 0) is 82.8 Å². The fourth-order valence-electron chi connectivity index (χ4n) is 6.08. The molecule has 1 saturated heterocycles. The molecule has 0 radical (unpaired) electrons. The summed E-state index contributed by atoms with van der Waals surface area (Å²) in [4.78, 5) is 68.2. The van der Waals surface area contributed by atoms with Crippen LogP contribution in [0.3, 0.4) is 0 Å². The minimum Gasteiger partial charge on any atom is -0.460 e. The number of Topliss-reactive ketones (excluding diaryl/α,β-unsaturated/α-hetero) is 2. The Labute approximate surface area is 298 Å². The number of carbonyl (C=O) groups is 5. The van der Waals surface area contributed by atoms with E-state index in [0.29, 0.717) is 32.3 Å². The predicted octanol–water partition coefficient (Wildman–Crippen LogP) is 6.21. The number of hydrogen-bond donors (Lipinski definition) is 2. The van der Waals surface area contributed by atoms with Crippen LogP contribution in [0.4, 0.5) is 0 Å². The molecule has 2 aromatic rings. The Kier molecular flexibility index (Phi) is 14.9. The molecule has 0 aliphatic carbocycles. The van der Waals surface area contributed by atoms with Gasteiger partial charge in [-0.1, -0.05) is 88.4 Å². The minimum atomic E-state index is -0.902. The van der Waals surface area contributed by atoms with Crippen molar-refractivity contribution >= 4 is 29.4 Å². The smallest absolute Gasteiger partial charge is 0.307 e. The van der Waals surface area contributed by atoms with Crippen LogP contribution in [-0.4, -0.2) is 59.2 Å². The van der Waals surface area contributed by atoms with Crippen LogP contribution in [0.1, 0.15) is 98.6 Å². The lowest BCUT2D eigenvalue weighted by molar-refractivity contribution is -0.157. The Morgan fingerprint density at radius 2 is 1.26 bits per heavy atom. The number of hydrogen-bond acceptors (Lipinski definition) is 7. The Morgan fingerprint density at radius 3 is 1.78 bits per heavy atom. The highest BCUT2D eigenvalue weighted by Crippen LogP contribution is 2.30. The molecule has 50 heavy (non-hydrogen) atoms. The van der Waals surface area contributed by atoms with Gasteiger partial charge in [0.25, 0.3) is 0 Å². The summed E-state index contributed by atoms with van der Waals surface area (Å²) in [5, 5.41) is 5.95. The van der Waals surface area contributed by atoms with Gasteiger partial charge in [0, 0.05) is 18.3 Å². The molecule has 0 saturated carbocycles. The summed E-state index contributed by atoms with van der Waals surface area (Å²) in [7, 11) is 0. The maximum atomic E-state index is 14.1. The first-order valence-electron chi connectivity index (χ1n) is 18.1. The van der Waals surface area contributed by atoms with Crippen LogP contribution in [0.25, 0.3) is 0 Å². The zero-order valence-corrected chi connectivity index (χ0v) is 31.3. The van der Waals surface area contributed by atoms with Crippen molar-refractivity contribution in [1.82, 2.24) is 10.6 Å². The highest BCUT2D eigenvalue weighted by molar-refractivity contribution is 5.98. The second kappa shape index (κ2) is 18.4. The zero-order chi connectivity index (χ0) is 37.1. The van der Waals surface area contributed by atoms with E-state index in [-0.39, 0.29) is 48.6 Å². The molecule has 1 heterocycles. The molecule has 9 nitrogen and oxygen atoms in total. The molecule has 1 aliphatic rings. The average Bonchev–Trinajstić information content (AvgIpc) is 3.79. The first-order chi connectivity index (χ1) is 23.5. The molecule has 0 aromatic heterocycles. The molecule has 0 bridgehead atoms. The summed E-state index contributed by atoms with van der Waals surface area (Å²) in [6.45, 7) is 15.3. The Balaban J connectivity index is 1.83. The first-order valence-corrected chi connectivity index (χ1v) is 18.1. The molecule has 274 valence electrons. The molecule has 5 atom stereocenters. The van der Waals surface area contributed by atoms with Crippen molar-refractivity contribution < 1.29 is 33.4 Å². The Hall–Kier alpha value is -3.85. The number of esters is 1. The number of carbonyl (C=O) groups excluding carboxylic acids is 5. The number of ether oxygens (including phenoxy) is 2. The molecule has 3 rings (SSSR count). The van der Waals surface area contributed by atoms with Gasteiger partial charge in [0.2, 0.25) is 11.8 Å². The lowest BCUT2D eigenvalue weighted by Crippen LogP contribution is -2.50. The van der Waals surface area contributed by atoms with Gasteiger partial charge in [0.1, 0.15) is 11.2 Å². The first kappa shape index (κ1) is 40.6. The van der Waals surface area contributed by atoms with Crippen LogP contribution in [0.5, 0.6) is 0 Å². The van der Waals surface area contributed by atoms with Gasteiger partial charge in [-0.3, -0.25) is 24.0 Å². The summed E-state index contributed by atoms with van der Waals surface area (Å²) < 4.78 is 11.0. The summed E-state index contributed by atoms with van der Waals surface area (Å²) in [5.41, 5.74) is 0.313. The molecule has 9 heteroatoms. The molecule has 1 aliphatic heterocycles. The van der Waals surface area contributed by atoms with Gasteiger partial charge in [-0.15, -0.1) is 0 Å². The maximum Gasteiger partial charge on any atom is 0.307 e. The number of amides is 2. The summed E-state index contributed by atoms with van der Waals surface area (Å²) >= 11 is 0. The van der Waals surface area contributed by atoms with E-state index in [0.717, 1.165) is 11.1 Å². The third-order valence-corrected chi connectivity index (χ3v) is 8.82. The van der Waals surface area contributed by atoms with Gasteiger partial charge in [0.15, 0.2) is 11.6 Å². The zero-order valence-electron chi connectivity index (χ0n) is 31.3. The normalized spacial score (nSPS) is 18.1. The van der Waals surface area contributed by atoms with Crippen molar-refractivity contribution in [2.24, 2.45) is 23.7 Å². The van der Waals surface area contributed by atoms with Crippen LogP contribution in [0, 0.1) is 23.7 Å². The summed E-state index contributed by atoms with van der Waals surface area (Å²) in [6.07, 6.45) is 1.82. The third kappa shape index (κ3) is 13.8. The average molecular weight is 691 g/mol. The number of rotatable bonds is 20. The lowest BCUT2D eigenvalue weighted by Gasteiger charge is -2.27. The molecular formula is C41H58N2O7. The Bertz CT molecular complexity index is 1430. The van der Waals surface area contributed by atoms with E-state index < -0.39 is 47.0 Å². The van der Waals surface area contributed by atoms with E-state index >= 15 is 0 Å². The van der Waals surface area contributed by atoms with Gasteiger partial charge < -0.3 is 20.1 Å². The molecule has 0 unspecified atom stereocenters. The second-order valence-corrected chi connectivity index (χ2v) is 15.8. The molecule has 1 fully saturated rings. The van der Waals surface area contributed by atoms with E-state index in [9.17, 15) is 24.0 Å². The van der Waals surface area contributed by atoms with Crippen LogP contribution in [0.2, 0.25) is 0 Å². The van der Waals surface area contributed by atoms with Gasteiger partial charge in [-0.2, -0.15) is 0 Å². The minimum absolute atomic E-state index is 0.0617. The monoisotopic (exact) mass is 690 g/mol. The third-order valence-electron chi connectivity index (χ3n) is 8.82. The number of benzene rings is 2. The van der Waals surface area contributed by atoms with Crippen molar-refractivity contribution in [2.45, 2.75) is 124 Å². The summed E-state index contributed by atoms with van der Waals surface area (Å²) in [5.74, 6) is -2.98. The fraction of sp³-hybridized carbons (Fsp3) is 0.585. The standard InChI is InChI=1S/C41H58N2O7/c1-27(2)21-33(42-38(47)31(25-36(45)50-40(5,6)7)20-19-29-15-11-9-12-16-29)35(44)24-32(23-30-17-13-10-14-18-30)39(48)43-34(22-28(3)4)37(46)41(8)26-49-41/h9-18,27-28,31-34H,19-26H2,1-8H3,(H,42,47)(H,43,48)/t31-,32-,33+,34-,41+/m1/s1. The van der Waals surface area contributed by atoms with Gasteiger partial charge in [-0.25, -0.2) is 0 Å². The van der Waals surface area contributed by atoms with Crippen molar-refractivity contribution in [3.8, 4) is 0 Å². The summed E-state index contributed by atoms with van der Waals surface area (Å²) in [6, 6.07) is 17.6. The van der Waals surface area contributed by atoms with E-state index in [1.165, 1.54) is 0 Å². The highest BCUT2D eigenvalue weighted by Gasteiger charge is 2.50. The number of ketones is 2. The van der Waals surface area contributed by atoms with E-state index in [4.69, 9.17) is 9.47 Å². The predicted molar refractivity (Wildman–Crippen MR) is 194 cm³/mol. The van der Waals surface area contributed by atoms with Crippen molar-refractivity contribution in [3.05, 3.63) is 71.8 Å².